The van der Waals surface area contributed by atoms with Crippen molar-refractivity contribution < 1.29 is 23.1 Å². The average molecular weight is 339 g/mol. The molecule has 126 valence electrons. The molecule has 0 spiro atoms. The van der Waals surface area contributed by atoms with Gasteiger partial charge in [-0.05, 0) is 41.5 Å². The minimum Gasteiger partial charge on any atom is -0.455 e. The van der Waals surface area contributed by atoms with Gasteiger partial charge in [0, 0.05) is 5.56 Å². The molecule has 0 saturated carbocycles. The van der Waals surface area contributed by atoms with Gasteiger partial charge in [0.05, 0.1) is 18.8 Å². The number of hydrogen-bond donors (Lipinski definition) is 0. The number of hydrogen-bond acceptors (Lipinski definition) is 5. The fourth-order valence-electron chi connectivity index (χ4n) is 2.65. The SMILES string of the molecule is O=C(OCc1coc(-c2cccc(F)c2)n1)c1ccc2c(c1)COC2. The largest absolute Gasteiger partial charge is 0.455 e. The molecule has 0 radical (unpaired) electrons. The van der Waals surface area contributed by atoms with Crippen molar-refractivity contribution in [2.75, 3.05) is 0 Å². The Labute approximate surface area is 143 Å². The Hall–Kier alpha value is -2.99. The van der Waals surface area contributed by atoms with Gasteiger partial charge in [-0.2, -0.15) is 0 Å². The number of rotatable bonds is 4. The number of esters is 1. The summed E-state index contributed by atoms with van der Waals surface area (Å²) in [6, 6.07) is 11.3. The Bertz CT molecular complexity index is 935. The number of carbonyl (C=O) groups excluding carboxylic acids is 1. The van der Waals surface area contributed by atoms with E-state index in [2.05, 4.69) is 4.98 Å². The summed E-state index contributed by atoms with van der Waals surface area (Å²) >= 11 is 0. The van der Waals surface area contributed by atoms with Crippen molar-refractivity contribution in [3.05, 3.63) is 76.9 Å². The maximum absolute atomic E-state index is 13.2. The van der Waals surface area contributed by atoms with Gasteiger partial charge in [0.25, 0.3) is 0 Å². The van der Waals surface area contributed by atoms with Crippen LogP contribution in [0.15, 0.2) is 53.1 Å². The average Bonchev–Trinajstić information content (AvgIpc) is 3.28. The quantitative estimate of drug-likeness (QED) is 0.675. The number of nitrogens with zero attached hydrogens (tertiary/aromatic N) is 1. The van der Waals surface area contributed by atoms with Gasteiger partial charge in [0.2, 0.25) is 5.89 Å². The maximum atomic E-state index is 13.2. The first-order valence-corrected chi connectivity index (χ1v) is 7.76. The van der Waals surface area contributed by atoms with Crippen molar-refractivity contribution in [1.82, 2.24) is 4.98 Å². The molecule has 6 heteroatoms. The van der Waals surface area contributed by atoms with E-state index in [9.17, 15) is 9.18 Å². The summed E-state index contributed by atoms with van der Waals surface area (Å²) in [5.41, 5.74) is 3.54. The van der Waals surface area contributed by atoms with Gasteiger partial charge in [0.15, 0.2) is 0 Å². The zero-order chi connectivity index (χ0) is 17.2. The summed E-state index contributed by atoms with van der Waals surface area (Å²) in [5, 5.41) is 0. The molecular weight excluding hydrogens is 325 g/mol. The van der Waals surface area contributed by atoms with Gasteiger partial charge in [-0.15, -0.1) is 0 Å². The highest BCUT2D eigenvalue weighted by atomic mass is 19.1. The number of carbonyl (C=O) groups is 1. The van der Waals surface area contributed by atoms with E-state index in [4.69, 9.17) is 13.9 Å². The van der Waals surface area contributed by atoms with Crippen LogP contribution in [0.2, 0.25) is 0 Å². The molecule has 1 aromatic heterocycles. The summed E-state index contributed by atoms with van der Waals surface area (Å²) in [4.78, 5) is 16.4. The summed E-state index contributed by atoms with van der Waals surface area (Å²) in [6.45, 7) is 1.06. The Kier molecular flexibility index (Phi) is 4.03. The molecule has 0 saturated heterocycles. The van der Waals surface area contributed by atoms with Crippen molar-refractivity contribution >= 4 is 5.97 Å². The minimum atomic E-state index is -0.440. The second-order valence-electron chi connectivity index (χ2n) is 5.71. The Morgan fingerprint density at radius 3 is 2.92 bits per heavy atom. The van der Waals surface area contributed by atoms with Crippen LogP contribution in [0.1, 0.15) is 27.2 Å². The molecule has 1 aliphatic heterocycles. The second-order valence-corrected chi connectivity index (χ2v) is 5.71. The third-order valence-electron chi connectivity index (χ3n) is 3.93. The lowest BCUT2D eigenvalue weighted by Gasteiger charge is -2.04. The Balaban J connectivity index is 1.42. The number of fused-ring (bicyclic) bond motifs is 1. The predicted molar refractivity (Wildman–Crippen MR) is 86.0 cm³/mol. The highest BCUT2D eigenvalue weighted by Crippen LogP contribution is 2.22. The summed E-state index contributed by atoms with van der Waals surface area (Å²) in [7, 11) is 0. The molecule has 0 fully saturated rings. The van der Waals surface area contributed by atoms with Crippen LogP contribution >= 0.6 is 0 Å². The normalized spacial score (nSPS) is 12.8. The van der Waals surface area contributed by atoms with Crippen LogP contribution < -0.4 is 0 Å². The van der Waals surface area contributed by atoms with E-state index in [0.29, 0.717) is 30.0 Å². The van der Waals surface area contributed by atoms with E-state index >= 15 is 0 Å². The van der Waals surface area contributed by atoms with Gasteiger partial charge in [-0.3, -0.25) is 0 Å². The molecule has 0 bridgehead atoms. The zero-order valence-corrected chi connectivity index (χ0v) is 13.2. The zero-order valence-electron chi connectivity index (χ0n) is 13.2. The summed E-state index contributed by atoms with van der Waals surface area (Å²) < 4.78 is 29.2. The van der Waals surface area contributed by atoms with Crippen molar-refractivity contribution in [2.45, 2.75) is 19.8 Å². The number of ether oxygens (including phenoxy) is 2. The predicted octanol–water partition coefficient (Wildman–Crippen LogP) is 3.87. The smallest absolute Gasteiger partial charge is 0.338 e. The standard InChI is InChI=1S/C19H14FNO4/c20-16-3-1-2-12(7-16)18-21-17(10-24-18)11-25-19(22)13-4-5-14-8-23-9-15(14)6-13/h1-7,10H,8-9,11H2. The van der Waals surface area contributed by atoms with E-state index < -0.39 is 5.97 Å². The lowest BCUT2D eigenvalue weighted by molar-refractivity contribution is 0.0467. The topological polar surface area (TPSA) is 61.6 Å². The van der Waals surface area contributed by atoms with E-state index in [1.807, 2.05) is 6.07 Å². The van der Waals surface area contributed by atoms with Crippen LogP contribution in [0.5, 0.6) is 0 Å². The van der Waals surface area contributed by atoms with Crippen LogP contribution in [0, 0.1) is 5.82 Å². The molecule has 3 aromatic rings. The van der Waals surface area contributed by atoms with Gasteiger partial charge < -0.3 is 13.9 Å². The summed E-state index contributed by atoms with van der Waals surface area (Å²) in [5.74, 6) is -0.533. The monoisotopic (exact) mass is 339 g/mol. The molecule has 0 atom stereocenters. The molecule has 1 aliphatic rings. The van der Waals surface area contributed by atoms with Crippen molar-refractivity contribution in [1.29, 1.82) is 0 Å². The molecule has 25 heavy (non-hydrogen) atoms. The van der Waals surface area contributed by atoms with Crippen molar-refractivity contribution in [2.24, 2.45) is 0 Å². The fourth-order valence-corrected chi connectivity index (χ4v) is 2.65. The van der Waals surface area contributed by atoms with Gasteiger partial charge >= 0.3 is 5.97 Å². The number of aromatic nitrogens is 1. The first kappa shape index (κ1) is 15.5. The second kappa shape index (κ2) is 6.49. The molecule has 2 aromatic carbocycles. The third kappa shape index (κ3) is 3.29. The number of benzene rings is 2. The first-order valence-electron chi connectivity index (χ1n) is 7.76. The van der Waals surface area contributed by atoms with E-state index in [0.717, 1.165) is 11.1 Å². The van der Waals surface area contributed by atoms with Crippen LogP contribution in [0.4, 0.5) is 4.39 Å². The molecular formula is C19H14FNO4. The molecule has 4 rings (SSSR count). The molecule has 0 amide bonds. The van der Waals surface area contributed by atoms with Gasteiger partial charge in [-0.1, -0.05) is 12.1 Å². The Morgan fingerprint density at radius 1 is 1.16 bits per heavy atom. The fraction of sp³-hybridized carbons (Fsp3) is 0.158. The van der Waals surface area contributed by atoms with Crippen LogP contribution in [0.25, 0.3) is 11.5 Å². The molecule has 2 heterocycles. The molecule has 0 aliphatic carbocycles. The lowest BCUT2D eigenvalue weighted by atomic mass is 10.1. The summed E-state index contributed by atoms with van der Waals surface area (Å²) in [6.07, 6.45) is 1.39. The van der Waals surface area contributed by atoms with Crippen LogP contribution in [-0.2, 0) is 29.3 Å². The van der Waals surface area contributed by atoms with E-state index in [-0.39, 0.29) is 18.3 Å². The molecule has 5 nitrogen and oxygen atoms in total. The van der Waals surface area contributed by atoms with Crippen molar-refractivity contribution in [3.63, 3.8) is 0 Å². The lowest BCUT2D eigenvalue weighted by Crippen LogP contribution is -2.06. The number of oxazole rings is 1. The van der Waals surface area contributed by atoms with Gasteiger partial charge in [0.1, 0.15) is 24.4 Å². The maximum Gasteiger partial charge on any atom is 0.338 e. The third-order valence-corrected chi connectivity index (χ3v) is 3.93. The van der Waals surface area contributed by atoms with Crippen LogP contribution in [-0.4, -0.2) is 11.0 Å². The first-order chi connectivity index (χ1) is 12.2. The molecule has 0 N–H and O–H groups in total. The highest BCUT2D eigenvalue weighted by Gasteiger charge is 2.16. The van der Waals surface area contributed by atoms with Crippen molar-refractivity contribution in [3.8, 4) is 11.5 Å². The number of halogens is 1. The molecule has 0 unspecified atom stereocenters. The van der Waals surface area contributed by atoms with E-state index in [1.165, 1.54) is 18.4 Å². The highest BCUT2D eigenvalue weighted by molar-refractivity contribution is 5.89. The van der Waals surface area contributed by atoms with Crippen LogP contribution in [0.3, 0.4) is 0 Å². The minimum absolute atomic E-state index is 0.0226. The van der Waals surface area contributed by atoms with E-state index in [1.54, 1.807) is 24.3 Å². The Morgan fingerprint density at radius 2 is 2.04 bits per heavy atom. The van der Waals surface area contributed by atoms with Gasteiger partial charge in [-0.25, -0.2) is 14.2 Å².